The summed E-state index contributed by atoms with van der Waals surface area (Å²) in [7, 11) is 1.77. The summed E-state index contributed by atoms with van der Waals surface area (Å²) in [5, 5.41) is 0.992. The fraction of sp³-hybridized carbons (Fsp3) is 0.381. The van der Waals surface area contributed by atoms with Gasteiger partial charge < -0.3 is 14.2 Å². The van der Waals surface area contributed by atoms with E-state index in [4.69, 9.17) is 17.0 Å². The molecule has 1 aromatic carbocycles. The van der Waals surface area contributed by atoms with Crippen molar-refractivity contribution in [1.29, 1.82) is 0 Å². The fourth-order valence-electron chi connectivity index (χ4n) is 3.81. The van der Waals surface area contributed by atoms with Crippen LogP contribution in [0.5, 0.6) is 0 Å². The van der Waals surface area contributed by atoms with Gasteiger partial charge in [0.15, 0.2) is 0 Å². The molecule has 29 heavy (non-hydrogen) atoms. The summed E-state index contributed by atoms with van der Waals surface area (Å²) >= 11 is 6.66. The number of fused-ring (bicyclic) bond motifs is 1. The van der Waals surface area contributed by atoms with E-state index in [1.165, 1.54) is 11.8 Å². The minimum atomic E-state index is -0.120. The number of anilines is 1. The van der Waals surface area contributed by atoms with E-state index in [-0.39, 0.29) is 11.5 Å². The lowest BCUT2D eigenvalue weighted by atomic mass is 10.1. The summed E-state index contributed by atoms with van der Waals surface area (Å²) in [6.07, 6.45) is 2.56. The van der Waals surface area contributed by atoms with Crippen molar-refractivity contribution in [1.82, 2.24) is 9.47 Å². The number of para-hydroxylation sites is 1. The minimum absolute atomic E-state index is 0.119. The molecule has 2 aliphatic heterocycles. The molecule has 0 bridgehead atoms. The van der Waals surface area contributed by atoms with Crippen molar-refractivity contribution >= 4 is 56.9 Å². The number of ether oxygens (including phenoxy) is 1. The number of nitrogens with zero attached hydrogens (tertiary/aromatic N) is 3. The zero-order valence-electron chi connectivity index (χ0n) is 16.5. The van der Waals surface area contributed by atoms with Crippen molar-refractivity contribution in [2.45, 2.75) is 13.3 Å². The van der Waals surface area contributed by atoms with Gasteiger partial charge in [0.1, 0.15) is 4.32 Å². The Morgan fingerprint density at radius 2 is 1.93 bits per heavy atom. The van der Waals surface area contributed by atoms with E-state index in [1.807, 2.05) is 31.2 Å². The van der Waals surface area contributed by atoms with Gasteiger partial charge in [-0.1, -0.05) is 49.1 Å². The normalized spacial score (nSPS) is 19.0. The van der Waals surface area contributed by atoms with Crippen LogP contribution in [-0.2, 0) is 16.6 Å². The predicted molar refractivity (Wildman–Crippen MR) is 122 cm³/mol. The molecular weight excluding hydrogens is 406 g/mol. The standard InChI is InChI=1S/C21H23N3O3S2/c1-3-8-24-20(26)17(29-21(24)28)13-15-18(23-9-11-27-12-10-23)14-6-4-5-7-16(14)22(2)19(15)25/h4-7,13H,3,8-12H2,1-2H3. The lowest BCUT2D eigenvalue weighted by Crippen LogP contribution is -2.38. The molecule has 8 heteroatoms. The van der Waals surface area contributed by atoms with Crippen LogP contribution in [0.2, 0.25) is 0 Å². The largest absolute Gasteiger partial charge is 0.378 e. The van der Waals surface area contributed by atoms with Crippen LogP contribution in [0.25, 0.3) is 17.0 Å². The van der Waals surface area contributed by atoms with E-state index >= 15 is 0 Å². The smallest absolute Gasteiger partial charge is 0.266 e. The van der Waals surface area contributed by atoms with Gasteiger partial charge in [-0.05, 0) is 18.6 Å². The third-order valence-electron chi connectivity index (χ3n) is 5.23. The highest BCUT2D eigenvalue weighted by molar-refractivity contribution is 8.26. The Kier molecular flexibility index (Phi) is 5.76. The molecule has 0 radical (unpaired) electrons. The Morgan fingerprint density at radius 3 is 2.66 bits per heavy atom. The molecular formula is C21H23N3O3S2. The van der Waals surface area contributed by atoms with Gasteiger partial charge in [-0.3, -0.25) is 14.5 Å². The lowest BCUT2D eigenvalue weighted by molar-refractivity contribution is -0.122. The number of benzene rings is 1. The molecule has 1 aromatic heterocycles. The number of hydrogen-bond donors (Lipinski definition) is 0. The molecule has 3 heterocycles. The number of thioether (sulfide) groups is 1. The molecule has 2 aliphatic rings. The fourth-order valence-corrected chi connectivity index (χ4v) is 5.10. The van der Waals surface area contributed by atoms with E-state index < -0.39 is 0 Å². The first-order chi connectivity index (χ1) is 14.0. The SMILES string of the molecule is CCCN1C(=O)C(=Cc2c(N3CCOCC3)c3ccccc3n(C)c2=O)SC1=S. The summed E-state index contributed by atoms with van der Waals surface area (Å²) in [4.78, 5) is 30.5. The zero-order valence-corrected chi connectivity index (χ0v) is 18.1. The molecule has 0 saturated carbocycles. The number of morpholine rings is 1. The van der Waals surface area contributed by atoms with E-state index in [0.717, 1.165) is 23.0 Å². The molecule has 0 N–H and O–H groups in total. The first-order valence-corrected chi connectivity index (χ1v) is 10.9. The molecule has 0 atom stereocenters. The van der Waals surface area contributed by atoms with E-state index in [0.29, 0.717) is 47.6 Å². The van der Waals surface area contributed by atoms with Gasteiger partial charge in [0, 0.05) is 32.1 Å². The molecule has 2 fully saturated rings. The van der Waals surface area contributed by atoms with Crippen molar-refractivity contribution in [3.05, 3.63) is 45.1 Å². The molecule has 6 nitrogen and oxygen atoms in total. The average molecular weight is 430 g/mol. The Bertz CT molecular complexity index is 1070. The highest BCUT2D eigenvalue weighted by Crippen LogP contribution is 2.36. The minimum Gasteiger partial charge on any atom is -0.378 e. The van der Waals surface area contributed by atoms with Gasteiger partial charge in [0.2, 0.25) is 0 Å². The van der Waals surface area contributed by atoms with Crippen LogP contribution in [0, 0.1) is 0 Å². The lowest BCUT2D eigenvalue weighted by Gasteiger charge is -2.31. The van der Waals surface area contributed by atoms with Gasteiger partial charge >= 0.3 is 0 Å². The highest BCUT2D eigenvalue weighted by atomic mass is 32.2. The van der Waals surface area contributed by atoms with Crippen LogP contribution in [0.1, 0.15) is 18.9 Å². The van der Waals surface area contributed by atoms with Crippen molar-refractivity contribution in [2.75, 3.05) is 37.7 Å². The number of thiocarbonyl (C=S) groups is 1. The van der Waals surface area contributed by atoms with Gasteiger partial charge in [-0.25, -0.2) is 0 Å². The monoisotopic (exact) mass is 429 g/mol. The van der Waals surface area contributed by atoms with E-state index in [9.17, 15) is 9.59 Å². The summed E-state index contributed by atoms with van der Waals surface area (Å²) in [6.45, 7) is 5.23. The maximum Gasteiger partial charge on any atom is 0.266 e. The first-order valence-electron chi connectivity index (χ1n) is 9.72. The van der Waals surface area contributed by atoms with E-state index in [2.05, 4.69) is 4.90 Å². The van der Waals surface area contributed by atoms with Gasteiger partial charge in [-0.2, -0.15) is 0 Å². The molecule has 2 saturated heterocycles. The van der Waals surface area contributed by atoms with Gasteiger partial charge in [-0.15, -0.1) is 0 Å². The molecule has 2 aromatic rings. The Balaban J connectivity index is 1.92. The molecule has 0 unspecified atom stereocenters. The summed E-state index contributed by atoms with van der Waals surface area (Å²) in [5.41, 5.74) is 2.15. The molecule has 0 spiro atoms. The van der Waals surface area contributed by atoms with Crippen LogP contribution in [0.15, 0.2) is 34.0 Å². The van der Waals surface area contributed by atoms with Crippen LogP contribution in [0.4, 0.5) is 5.69 Å². The number of aryl methyl sites for hydroxylation is 1. The number of carbonyl (C=O) groups is 1. The molecule has 4 rings (SSSR count). The number of carbonyl (C=O) groups excluding carboxylic acids is 1. The Labute approximate surface area is 179 Å². The average Bonchev–Trinajstić information content (AvgIpc) is 3.00. The van der Waals surface area contributed by atoms with Crippen molar-refractivity contribution < 1.29 is 9.53 Å². The summed E-state index contributed by atoms with van der Waals surface area (Å²) < 4.78 is 7.71. The summed E-state index contributed by atoms with van der Waals surface area (Å²) in [6, 6.07) is 7.88. The second-order valence-electron chi connectivity index (χ2n) is 7.08. The van der Waals surface area contributed by atoms with Crippen LogP contribution < -0.4 is 10.5 Å². The zero-order chi connectivity index (χ0) is 20.5. The first kappa shape index (κ1) is 20.1. The molecule has 0 aliphatic carbocycles. The topological polar surface area (TPSA) is 54.8 Å². The number of hydrogen-bond acceptors (Lipinski definition) is 6. The van der Waals surface area contributed by atoms with Gasteiger partial charge in [0.25, 0.3) is 11.5 Å². The quantitative estimate of drug-likeness (QED) is 0.550. The number of rotatable bonds is 4. The maximum atomic E-state index is 13.3. The molecule has 1 amide bonds. The number of amides is 1. The maximum absolute atomic E-state index is 13.3. The number of aromatic nitrogens is 1. The van der Waals surface area contributed by atoms with Crippen LogP contribution >= 0.6 is 24.0 Å². The Hall–Kier alpha value is -2.16. The third-order valence-corrected chi connectivity index (χ3v) is 6.61. The second kappa shape index (κ2) is 8.30. The van der Waals surface area contributed by atoms with Crippen LogP contribution in [0.3, 0.4) is 0 Å². The Morgan fingerprint density at radius 1 is 1.21 bits per heavy atom. The third kappa shape index (κ3) is 3.60. The van der Waals surface area contributed by atoms with Crippen molar-refractivity contribution in [3.8, 4) is 0 Å². The molecule has 152 valence electrons. The summed E-state index contributed by atoms with van der Waals surface area (Å²) in [5.74, 6) is -0.120. The van der Waals surface area contributed by atoms with Crippen molar-refractivity contribution in [3.63, 3.8) is 0 Å². The highest BCUT2D eigenvalue weighted by Gasteiger charge is 2.32. The van der Waals surface area contributed by atoms with Crippen LogP contribution in [-0.4, -0.2) is 52.5 Å². The predicted octanol–water partition coefficient (Wildman–Crippen LogP) is 2.99. The van der Waals surface area contributed by atoms with E-state index in [1.54, 1.807) is 22.6 Å². The van der Waals surface area contributed by atoms with Crippen molar-refractivity contribution in [2.24, 2.45) is 7.05 Å². The second-order valence-corrected chi connectivity index (χ2v) is 8.75. The van der Waals surface area contributed by atoms with Gasteiger partial charge in [0.05, 0.1) is 34.9 Å². The number of pyridine rings is 1.